The van der Waals surface area contributed by atoms with Gasteiger partial charge in [-0.25, -0.2) is 0 Å². The predicted molar refractivity (Wildman–Crippen MR) is 72.7 cm³/mol. The van der Waals surface area contributed by atoms with Gasteiger partial charge in [-0.2, -0.15) is 0 Å². The van der Waals surface area contributed by atoms with E-state index >= 15 is 0 Å². The van der Waals surface area contributed by atoms with Gasteiger partial charge in [0.05, 0.1) is 0 Å². The van der Waals surface area contributed by atoms with E-state index in [0.717, 1.165) is 5.92 Å². The summed E-state index contributed by atoms with van der Waals surface area (Å²) in [5.41, 5.74) is 0.689. The van der Waals surface area contributed by atoms with E-state index in [-0.39, 0.29) is 0 Å². The second-order valence-electron chi connectivity index (χ2n) is 6.28. The van der Waals surface area contributed by atoms with Crippen molar-refractivity contribution in [2.45, 2.75) is 78.7 Å². The summed E-state index contributed by atoms with van der Waals surface area (Å²) < 4.78 is 0. The molecule has 1 aliphatic rings. The van der Waals surface area contributed by atoms with Crippen LogP contribution in [0.3, 0.4) is 0 Å². The monoisotopic (exact) mass is 225 g/mol. The molecule has 0 heterocycles. The maximum Gasteiger partial charge on any atom is 0.00104 e. The summed E-state index contributed by atoms with van der Waals surface area (Å²) in [4.78, 5) is 0. The lowest BCUT2D eigenvalue weighted by molar-refractivity contribution is 0.411. The fourth-order valence-corrected chi connectivity index (χ4v) is 2.64. The van der Waals surface area contributed by atoms with E-state index in [1.54, 1.807) is 0 Å². The second-order valence-corrected chi connectivity index (χ2v) is 6.28. The lowest BCUT2D eigenvalue weighted by atomic mass is 9.97. The van der Waals surface area contributed by atoms with Gasteiger partial charge < -0.3 is 5.32 Å². The van der Waals surface area contributed by atoms with Crippen molar-refractivity contribution in [1.82, 2.24) is 5.32 Å². The third kappa shape index (κ3) is 4.86. The molecule has 0 aromatic rings. The van der Waals surface area contributed by atoms with Crippen molar-refractivity contribution in [2.75, 3.05) is 6.54 Å². The van der Waals surface area contributed by atoms with Crippen LogP contribution in [0, 0.1) is 11.3 Å². The molecule has 16 heavy (non-hydrogen) atoms. The standard InChI is InChI=1S/C15H31N/c1-5-6-7-8-9-10-15(4)11-14(15)12-16-13(2)3/h13-14,16H,5-12H2,1-4H3. The Kier molecular flexibility index (Phi) is 5.82. The summed E-state index contributed by atoms with van der Waals surface area (Å²) in [5.74, 6) is 0.959. The van der Waals surface area contributed by atoms with Gasteiger partial charge in [-0.15, -0.1) is 0 Å². The molecular weight excluding hydrogens is 194 g/mol. The molecule has 1 fully saturated rings. The van der Waals surface area contributed by atoms with Crippen molar-refractivity contribution in [3.8, 4) is 0 Å². The minimum Gasteiger partial charge on any atom is -0.314 e. The van der Waals surface area contributed by atoms with Crippen LogP contribution in [-0.4, -0.2) is 12.6 Å². The fourth-order valence-electron chi connectivity index (χ4n) is 2.64. The molecular formula is C15H31N. The van der Waals surface area contributed by atoms with Gasteiger partial charge in [-0.05, 0) is 30.7 Å². The smallest absolute Gasteiger partial charge is 0.00104 e. The topological polar surface area (TPSA) is 12.0 Å². The summed E-state index contributed by atoms with van der Waals surface area (Å²) in [6.07, 6.45) is 10.1. The lowest BCUT2D eigenvalue weighted by Gasteiger charge is -2.13. The molecule has 0 aromatic heterocycles. The van der Waals surface area contributed by atoms with Crippen LogP contribution in [-0.2, 0) is 0 Å². The van der Waals surface area contributed by atoms with Crippen LogP contribution in [0.5, 0.6) is 0 Å². The molecule has 1 N–H and O–H groups in total. The van der Waals surface area contributed by atoms with Gasteiger partial charge in [-0.3, -0.25) is 0 Å². The van der Waals surface area contributed by atoms with Crippen molar-refractivity contribution >= 4 is 0 Å². The Morgan fingerprint density at radius 3 is 2.50 bits per heavy atom. The summed E-state index contributed by atoms with van der Waals surface area (Å²) in [7, 11) is 0. The van der Waals surface area contributed by atoms with Crippen LogP contribution in [0.1, 0.15) is 72.6 Å². The number of unbranched alkanes of at least 4 members (excludes halogenated alkanes) is 4. The van der Waals surface area contributed by atoms with E-state index in [1.165, 1.54) is 51.5 Å². The molecule has 0 spiro atoms. The molecule has 0 aliphatic heterocycles. The molecule has 0 amide bonds. The molecule has 1 nitrogen and oxygen atoms in total. The Morgan fingerprint density at radius 2 is 1.88 bits per heavy atom. The molecule has 0 bridgehead atoms. The van der Waals surface area contributed by atoms with Crippen LogP contribution in [0.25, 0.3) is 0 Å². The first kappa shape index (κ1) is 14.0. The molecule has 1 saturated carbocycles. The fraction of sp³-hybridized carbons (Fsp3) is 1.00. The Morgan fingerprint density at radius 1 is 1.19 bits per heavy atom. The van der Waals surface area contributed by atoms with E-state index in [1.807, 2.05) is 0 Å². The lowest BCUT2D eigenvalue weighted by Crippen LogP contribution is -2.26. The first-order chi connectivity index (χ1) is 7.58. The number of hydrogen-bond acceptors (Lipinski definition) is 1. The van der Waals surface area contributed by atoms with Crippen LogP contribution in [0.2, 0.25) is 0 Å². The van der Waals surface area contributed by atoms with Crippen molar-refractivity contribution in [3.63, 3.8) is 0 Å². The van der Waals surface area contributed by atoms with Gasteiger partial charge in [0, 0.05) is 6.04 Å². The van der Waals surface area contributed by atoms with E-state index in [0.29, 0.717) is 11.5 Å². The molecule has 0 saturated heterocycles. The molecule has 1 heteroatoms. The van der Waals surface area contributed by atoms with E-state index in [2.05, 4.69) is 33.0 Å². The third-order valence-corrected chi connectivity index (χ3v) is 4.16. The highest BCUT2D eigenvalue weighted by Crippen LogP contribution is 2.55. The zero-order valence-corrected chi connectivity index (χ0v) is 11.8. The van der Waals surface area contributed by atoms with E-state index in [4.69, 9.17) is 0 Å². The Bertz CT molecular complexity index is 188. The third-order valence-electron chi connectivity index (χ3n) is 4.16. The van der Waals surface area contributed by atoms with Crippen molar-refractivity contribution < 1.29 is 0 Å². The summed E-state index contributed by atoms with van der Waals surface area (Å²) >= 11 is 0. The minimum atomic E-state index is 0.648. The number of rotatable bonds is 9. The molecule has 1 aliphatic carbocycles. The quantitative estimate of drug-likeness (QED) is 0.575. The first-order valence-corrected chi connectivity index (χ1v) is 7.32. The average Bonchev–Trinajstić information content (AvgIpc) is 2.87. The highest BCUT2D eigenvalue weighted by molar-refractivity contribution is 4.99. The molecule has 96 valence electrons. The van der Waals surface area contributed by atoms with Crippen LogP contribution < -0.4 is 5.32 Å². The van der Waals surface area contributed by atoms with Crippen molar-refractivity contribution in [1.29, 1.82) is 0 Å². The van der Waals surface area contributed by atoms with Crippen LogP contribution in [0.15, 0.2) is 0 Å². The summed E-state index contributed by atoms with van der Waals surface area (Å²) in [6.45, 7) is 10.5. The predicted octanol–water partition coefficient (Wildman–Crippen LogP) is 4.37. The van der Waals surface area contributed by atoms with Gasteiger partial charge in [0.1, 0.15) is 0 Å². The summed E-state index contributed by atoms with van der Waals surface area (Å²) in [5, 5.41) is 3.57. The molecule has 0 aromatic carbocycles. The zero-order valence-electron chi connectivity index (χ0n) is 11.8. The van der Waals surface area contributed by atoms with E-state index in [9.17, 15) is 0 Å². The van der Waals surface area contributed by atoms with Gasteiger partial charge >= 0.3 is 0 Å². The Labute approximate surface area is 102 Å². The maximum absolute atomic E-state index is 3.57. The van der Waals surface area contributed by atoms with Crippen molar-refractivity contribution in [3.05, 3.63) is 0 Å². The molecule has 0 radical (unpaired) electrons. The van der Waals surface area contributed by atoms with Crippen LogP contribution in [0.4, 0.5) is 0 Å². The first-order valence-electron chi connectivity index (χ1n) is 7.32. The summed E-state index contributed by atoms with van der Waals surface area (Å²) in [6, 6.07) is 0.648. The number of nitrogens with one attached hydrogen (secondary N) is 1. The minimum absolute atomic E-state index is 0.648. The Balaban J connectivity index is 2.01. The molecule has 2 atom stereocenters. The van der Waals surface area contributed by atoms with Gasteiger partial charge in [0.25, 0.3) is 0 Å². The molecule has 1 rings (SSSR count). The van der Waals surface area contributed by atoms with Gasteiger partial charge in [-0.1, -0.05) is 59.8 Å². The van der Waals surface area contributed by atoms with Crippen LogP contribution >= 0.6 is 0 Å². The van der Waals surface area contributed by atoms with E-state index < -0.39 is 0 Å². The SMILES string of the molecule is CCCCCCCC1(C)CC1CNC(C)C. The maximum atomic E-state index is 3.57. The van der Waals surface area contributed by atoms with Crippen molar-refractivity contribution in [2.24, 2.45) is 11.3 Å². The number of hydrogen-bond donors (Lipinski definition) is 1. The average molecular weight is 225 g/mol. The Hall–Kier alpha value is -0.0400. The molecule has 2 unspecified atom stereocenters. The highest BCUT2D eigenvalue weighted by Gasteiger charge is 2.48. The normalized spacial score (nSPS) is 28.7. The largest absolute Gasteiger partial charge is 0.314 e. The second kappa shape index (κ2) is 6.64. The van der Waals surface area contributed by atoms with Gasteiger partial charge in [0.15, 0.2) is 0 Å². The highest BCUT2D eigenvalue weighted by atomic mass is 14.9. The zero-order chi connectivity index (χ0) is 12.0. The van der Waals surface area contributed by atoms with Gasteiger partial charge in [0.2, 0.25) is 0 Å².